The second-order valence-corrected chi connectivity index (χ2v) is 6.84. The van der Waals surface area contributed by atoms with E-state index in [4.69, 9.17) is 9.94 Å². The second-order valence-electron chi connectivity index (χ2n) is 6.84. The van der Waals surface area contributed by atoms with Crippen molar-refractivity contribution in [1.82, 2.24) is 14.6 Å². The molecule has 0 saturated heterocycles. The number of hydrogen-bond acceptors (Lipinski definition) is 5. The SMILES string of the molecule is COc1ccccc1-n1c(=O)c2ccccc2n(Cc2ccc(C(=O)NO)cc2)c1=O. The number of rotatable bonds is 5. The molecule has 3 aromatic carbocycles. The Labute approximate surface area is 176 Å². The van der Waals surface area contributed by atoms with Crippen molar-refractivity contribution in [2.45, 2.75) is 6.54 Å². The Bertz CT molecular complexity index is 1390. The number of benzene rings is 3. The number of para-hydroxylation sites is 3. The molecule has 0 radical (unpaired) electrons. The molecule has 4 rings (SSSR count). The van der Waals surface area contributed by atoms with Gasteiger partial charge >= 0.3 is 5.69 Å². The summed E-state index contributed by atoms with van der Waals surface area (Å²) in [4.78, 5) is 38.2. The molecule has 2 N–H and O–H groups in total. The third kappa shape index (κ3) is 3.60. The molecule has 0 unspecified atom stereocenters. The lowest BCUT2D eigenvalue weighted by Crippen LogP contribution is -2.39. The van der Waals surface area contributed by atoms with Crippen LogP contribution in [0.2, 0.25) is 0 Å². The summed E-state index contributed by atoms with van der Waals surface area (Å²) in [6, 6.07) is 20.2. The third-order valence-corrected chi connectivity index (χ3v) is 5.03. The minimum Gasteiger partial charge on any atom is -0.495 e. The van der Waals surface area contributed by atoms with E-state index in [-0.39, 0.29) is 12.1 Å². The molecule has 0 aliphatic heterocycles. The van der Waals surface area contributed by atoms with Crippen molar-refractivity contribution in [2.24, 2.45) is 0 Å². The lowest BCUT2D eigenvalue weighted by atomic mass is 10.1. The van der Waals surface area contributed by atoms with Crippen molar-refractivity contribution in [3.63, 3.8) is 0 Å². The zero-order valence-corrected chi connectivity index (χ0v) is 16.6. The van der Waals surface area contributed by atoms with Crippen LogP contribution in [0.15, 0.2) is 82.4 Å². The highest BCUT2D eigenvalue weighted by Gasteiger charge is 2.17. The van der Waals surface area contributed by atoms with Crippen LogP contribution in [0.5, 0.6) is 5.75 Å². The molecule has 31 heavy (non-hydrogen) atoms. The number of methoxy groups -OCH3 is 1. The van der Waals surface area contributed by atoms with E-state index in [0.29, 0.717) is 22.3 Å². The fraction of sp³-hybridized carbons (Fsp3) is 0.0870. The normalized spacial score (nSPS) is 10.8. The number of nitrogens with zero attached hydrogens (tertiary/aromatic N) is 2. The van der Waals surface area contributed by atoms with Crippen LogP contribution < -0.4 is 21.5 Å². The Morgan fingerprint density at radius 2 is 1.65 bits per heavy atom. The molecule has 0 aliphatic rings. The Balaban J connectivity index is 1.92. The Morgan fingerprint density at radius 1 is 0.968 bits per heavy atom. The van der Waals surface area contributed by atoms with Gasteiger partial charge in [-0.2, -0.15) is 0 Å². The summed E-state index contributed by atoms with van der Waals surface area (Å²) in [6.07, 6.45) is 0. The van der Waals surface area contributed by atoms with E-state index in [2.05, 4.69) is 0 Å². The number of ether oxygens (including phenoxy) is 1. The van der Waals surface area contributed by atoms with Crippen LogP contribution in [0.1, 0.15) is 15.9 Å². The molecule has 156 valence electrons. The monoisotopic (exact) mass is 417 g/mol. The summed E-state index contributed by atoms with van der Waals surface area (Å²) in [7, 11) is 1.48. The van der Waals surface area contributed by atoms with Gasteiger partial charge in [-0.3, -0.25) is 19.4 Å². The maximum atomic E-state index is 13.5. The van der Waals surface area contributed by atoms with Crippen molar-refractivity contribution < 1.29 is 14.7 Å². The molecule has 1 amide bonds. The smallest absolute Gasteiger partial charge is 0.336 e. The molecule has 0 saturated carbocycles. The van der Waals surface area contributed by atoms with E-state index in [1.807, 2.05) is 0 Å². The number of aromatic nitrogens is 2. The maximum Gasteiger partial charge on any atom is 0.336 e. The van der Waals surface area contributed by atoms with Gasteiger partial charge in [0.05, 0.1) is 30.2 Å². The van der Waals surface area contributed by atoms with Gasteiger partial charge in [-0.1, -0.05) is 36.4 Å². The Kier molecular flexibility index (Phi) is 5.38. The predicted molar refractivity (Wildman–Crippen MR) is 115 cm³/mol. The summed E-state index contributed by atoms with van der Waals surface area (Å²) < 4.78 is 7.97. The summed E-state index contributed by atoms with van der Waals surface area (Å²) in [6.45, 7) is 0.176. The fourth-order valence-electron chi connectivity index (χ4n) is 3.51. The van der Waals surface area contributed by atoms with Crippen LogP contribution in [0.4, 0.5) is 0 Å². The number of hydroxylamine groups is 1. The number of carbonyl (C=O) groups is 1. The maximum absolute atomic E-state index is 13.5. The summed E-state index contributed by atoms with van der Waals surface area (Å²) >= 11 is 0. The van der Waals surface area contributed by atoms with Gasteiger partial charge in [-0.25, -0.2) is 14.8 Å². The van der Waals surface area contributed by atoms with Gasteiger partial charge in [0.15, 0.2) is 0 Å². The van der Waals surface area contributed by atoms with Gasteiger partial charge in [-0.15, -0.1) is 0 Å². The highest BCUT2D eigenvalue weighted by Crippen LogP contribution is 2.20. The Morgan fingerprint density at radius 3 is 2.35 bits per heavy atom. The molecule has 0 fully saturated rings. The summed E-state index contributed by atoms with van der Waals surface area (Å²) in [5.41, 5.74) is 2.52. The van der Waals surface area contributed by atoms with Crippen molar-refractivity contribution >= 4 is 16.8 Å². The third-order valence-electron chi connectivity index (χ3n) is 5.03. The van der Waals surface area contributed by atoms with Gasteiger partial charge in [0.25, 0.3) is 11.5 Å². The number of fused-ring (bicyclic) bond motifs is 1. The topological polar surface area (TPSA) is 103 Å². The second kappa shape index (κ2) is 8.29. The lowest BCUT2D eigenvalue weighted by molar-refractivity contribution is 0.0706. The molecule has 8 nitrogen and oxygen atoms in total. The molecule has 8 heteroatoms. The zero-order valence-electron chi connectivity index (χ0n) is 16.6. The van der Waals surface area contributed by atoms with E-state index in [9.17, 15) is 14.4 Å². The number of nitrogens with one attached hydrogen (secondary N) is 1. The van der Waals surface area contributed by atoms with Crippen molar-refractivity contribution in [3.05, 3.63) is 105 Å². The molecule has 1 heterocycles. The van der Waals surface area contributed by atoms with Crippen molar-refractivity contribution in [1.29, 1.82) is 0 Å². The van der Waals surface area contributed by atoms with Crippen LogP contribution in [-0.4, -0.2) is 27.4 Å². The van der Waals surface area contributed by atoms with Crippen LogP contribution in [0.25, 0.3) is 16.6 Å². The largest absolute Gasteiger partial charge is 0.495 e. The number of hydrogen-bond donors (Lipinski definition) is 2. The molecule has 0 bridgehead atoms. The Hall–Kier alpha value is -4.17. The van der Waals surface area contributed by atoms with E-state index in [0.717, 1.165) is 10.1 Å². The molecular formula is C23H19N3O5. The quantitative estimate of drug-likeness (QED) is 0.383. The van der Waals surface area contributed by atoms with Crippen LogP contribution >= 0.6 is 0 Å². The fourth-order valence-corrected chi connectivity index (χ4v) is 3.51. The zero-order chi connectivity index (χ0) is 22.0. The van der Waals surface area contributed by atoms with Crippen LogP contribution in [-0.2, 0) is 6.54 Å². The standard InChI is InChI=1S/C23H19N3O5/c1-31-20-9-5-4-8-19(20)26-22(28)17-6-2-3-7-18(17)25(23(26)29)14-15-10-12-16(13-11-15)21(27)24-30/h2-13,30H,14H2,1H3,(H,24,27). The van der Waals surface area contributed by atoms with Gasteiger partial charge in [0.2, 0.25) is 0 Å². The van der Waals surface area contributed by atoms with Crippen molar-refractivity contribution in [3.8, 4) is 11.4 Å². The van der Waals surface area contributed by atoms with Crippen molar-refractivity contribution in [2.75, 3.05) is 7.11 Å². The first-order chi connectivity index (χ1) is 15.0. The van der Waals surface area contributed by atoms with Crippen LogP contribution in [0.3, 0.4) is 0 Å². The lowest BCUT2D eigenvalue weighted by Gasteiger charge is -2.16. The minimum atomic E-state index is -0.626. The number of carbonyl (C=O) groups excluding carboxylic acids is 1. The molecule has 4 aromatic rings. The number of amides is 1. The van der Waals surface area contributed by atoms with E-state index in [1.165, 1.54) is 11.7 Å². The minimum absolute atomic E-state index is 0.176. The van der Waals surface area contributed by atoms with Gasteiger partial charge in [-0.05, 0) is 42.0 Å². The first kappa shape index (κ1) is 20.1. The average molecular weight is 417 g/mol. The molecule has 0 atom stereocenters. The highest BCUT2D eigenvalue weighted by molar-refractivity contribution is 5.93. The highest BCUT2D eigenvalue weighted by atomic mass is 16.5. The van der Waals surface area contributed by atoms with Gasteiger partial charge < -0.3 is 4.74 Å². The van der Waals surface area contributed by atoms with Crippen LogP contribution in [0, 0.1) is 0 Å². The molecule has 1 aromatic heterocycles. The first-order valence-electron chi connectivity index (χ1n) is 9.46. The summed E-state index contributed by atoms with van der Waals surface area (Å²) in [5, 5.41) is 9.16. The first-order valence-corrected chi connectivity index (χ1v) is 9.46. The van der Waals surface area contributed by atoms with E-state index in [1.54, 1.807) is 78.3 Å². The van der Waals surface area contributed by atoms with Gasteiger partial charge in [0.1, 0.15) is 5.75 Å². The molecule has 0 aliphatic carbocycles. The van der Waals surface area contributed by atoms with E-state index < -0.39 is 17.2 Å². The predicted octanol–water partition coefficient (Wildman–Crippen LogP) is 2.33. The van der Waals surface area contributed by atoms with E-state index >= 15 is 0 Å². The average Bonchev–Trinajstić information content (AvgIpc) is 2.82. The summed E-state index contributed by atoms with van der Waals surface area (Å²) in [5.74, 6) is -0.221. The van der Waals surface area contributed by atoms with Gasteiger partial charge in [0, 0.05) is 5.56 Å². The molecule has 0 spiro atoms. The molecular weight excluding hydrogens is 398 g/mol.